The number of anilines is 3. The number of hydrogen-bond donors (Lipinski definition) is 2. The van der Waals surface area contributed by atoms with Gasteiger partial charge >= 0.3 is 0 Å². The molecule has 0 atom stereocenters. The van der Waals surface area contributed by atoms with Gasteiger partial charge in [0.05, 0.1) is 22.6 Å². The summed E-state index contributed by atoms with van der Waals surface area (Å²) in [4.78, 5) is 12.4. The molecular formula is C20H16N2O2. The van der Waals surface area contributed by atoms with Crippen LogP contribution < -0.4 is 15.4 Å². The van der Waals surface area contributed by atoms with E-state index >= 15 is 0 Å². The molecule has 3 aromatic carbocycles. The van der Waals surface area contributed by atoms with Crippen molar-refractivity contribution < 1.29 is 9.53 Å². The summed E-state index contributed by atoms with van der Waals surface area (Å²) in [6, 6.07) is 23.1. The average Bonchev–Trinajstić information content (AvgIpc) is 2.76. The summed E-state index contributed by atoms with van der Waals surface area (Å²) in [5.41, 5.74) is 4.08. The first-order chi connectivity index (χ1) is 11.8. The number of rotatable bonds is 3. The maximum Gasteiger partial charge on any atom is 0.257 e. The van der Waals surface area contributed by atoms with Crippen LogP contribution in [-0.4, -0.2) is 5.91 Å². The highest BCUT2D eigenvalue weighted by Gasteiger charge is 2.18. The van der Waals surface area contributed by atoms with E-state index < -0.39 is 0 Å². The lowest BCUT2D eigenvalue weighted by Gasteiger charge is -2.12. The number of ether oxygens (including phenoxy) is 1. The standard InChI is InChI=1S/C20H16N2O2/c23-20-16-8-4-5-9-17(16)21-18-11-10-15(12-19(18)22-20)24-13-14-6-2-1-3-7-14/h1-12,21H,13H2,(H,22,23). The number of hydrogen-bond acceptors (Lipinski definition) is 3. The predicted molar refractivity (Wildman–Crippen MR) is 94.9 cm³/mol. The molecule has 0 fully saturated rings. The lowest BCUT2D eigenvalue weighted by atomic mass is 10.1. The fraction of sp³-hybridized carbons (Fsp3) is 0.0500. The molecule has 0 saturated heterocycles. The zero-order valence-corrected chi connectivity index (χ0v) is 13.0. The highest BCUT2D eigenvalue weighted by Crippen LogP contribution is 2.34. The Morgan fingerprint density at radius 2 is 1.54 bits per heavy atom. The average molecular weight is 316 g/mol. The Morgan fingerprint density at radius 1 is 0.750 bits per heavy atom. The second kappa shape index (κ2) is 6.08. The van der Waals surface area contributed by atoms with Crippen molar-refractivity contribution in [2.24, 2.45) is 0 Å². The van der Waals surface area contributed by atoms with Crippen LogP contribution in [0.5, 0.6) is 5.75 Å². The molecule has 3 aromatic rings. The Bertz CT molecular complexity index is 891. The summed E-state index contributed by atoms with van der Waals surface area (Å²) >= 11 is 0. The van der Waals surface area contributed by atoms with Crippen LogP contribution in [0.1, 0.15) is 15.9 Å². The zero-order chi connectivity index (χ0) is 16.4. The Balaban J connectivity index is 1.58. The molecule has 0 radical (unpaired) electrons. The number of carbonyl (C=O) groups is 1. The SMILES string of the molecule is O=C1Nc2cc(OCc3ccccc3)ccc2Nc2ccccc21. The Morgan fingerprint density at radius 3 is 2.42 bits per heavy atom. The second-order valence-electron chi connectivity index (χ2n) is 5.61. The van der Waals surface area contributed by atoms with Crippen LogP contribution in [0.3, 0.4) is 0 Å². The second-order valence-corrected chi connectivity index (χ2v) is 5.61. The first-order valence-corrected chi connectivity index (χ1v) is 7.78. The Kier molecular flexibility index (Phi) is 3.63. The third kappa shape index (κ3) is 2.82. The fourth-order valence-electron chi connectivity index (χ4n) is 2.69. The van der Waals surface area contributed by atoms with Crippen LogP contribution in [0.15, 0.2) is 72.8 Å². The highest BCUT2D eigenvalue weighted by atomic mass is 16.5. The zero-order valence-electron chi connectivity index (χ0n) is 13.0. The summed E-state index contributed by atoms with van der Waals surface area (Å²) < 4.78 is 5.83. The van der Waals surface area contributed by atoms with E-state index in [0.717, 1.165) is 16.9 Å². The van der Waals surface area contributed by atoms with Crippen LogP contribution in [-0.2, 0) is 6.61 Å². The normalized spacial score (nSPS) is 12.2. The molecule has 2 N–H and O–H groups in total. The van der Waals surface area contributed by atoms with Gasteiger partial charge in [-0.15, -0.1) is 0 Å². The van der Waals surface area contributed by atoms with Crippen LogP contribution in [0.2, 0.25) is 0 Å². The van der Waals surface area contributed by atoms with Gasteiger partial charge in [0.1, 0.15) is 12.4 Å². The molecule has 24 heavy (non-hydrogen) atoms. The molecular weight excluding hydrogens is 300 g/mol. The van der Waals surface area contributed by atoms with Gasteiger partial charge in [0.25, 0.3) is 5.91 Å². The van der Waals surface area contributed by atoms with Crippen molar-refractivity contribution in [3.05, 3.63) is 83.9 Å². The molecule has 118 valence electrons. The maximum atomic E-state index is 12.4. The van der Waals surface area contributed by atoms with Crippen molar-refractivity contribution in [3.63, 3.8) is 0 Å². The minimum atomic E-state index is -0.128. The molecule has 1 heterocycles. The van der Waals surface area contributed by atoms with Crippen molar-refractivity contribution in [3.8, 4) is 5.75 Å². The van der Waals surface area contributed by atoms with E-state index in [1.54, 1.807) is 6.07 Å². The summed E-state index contributed by atoms with van der Waals surface area (Å²) in [6.45, 7) is 0.487. The third-order valence-corrected chi connectivity index (χ3v) is 3.93. The van der Waals surface area contributed by atoms with Gasteiger partial charge in [-0.25, -0.2) is 0 Å². The van der Waals surface area contributed by atoms with Gasteiger partial charge in [0.15, 0.2) is 0 Å². The first-order valence-electron chi connectivity index (χ1n) is 7.78. The van der Waals surface area contributed by atoms with Gasteiger partial charge in [0.2, 0.25) is 0 Å². The molecule has 0 bridgehead atoms. The van der Waals surface area contributed by atoms with E-state index in [0.29, 0.717) is 23.6 Å². The van der Waals surface area contributed by atoms with Crippen molar-refractivity contribution in [1.82, 2.24) is 0 Å². The number of carbonyl (C=O) groups excluding carboxylic acids is 1. The number of nitrogens with one attached hydrogen (secondary N) is 2. The Hall–Kier alpha value is -3.27. The summed E-state index contributed by atoms with van der Waals surface area (Å²) in [7, 11) is 0. The van der Waals surface area contributed by atoms with Gasteiger partial charge in [0, 0.05) is 6.07 Å². The van der Waals surface area contributed by atoms with E-state index in [-0.39, 0.29) is 5.91 Å². The summed E-state index contributed by atoms with van der Waals surface area (Å²) in [6.07, 6.45) is 0. The van der Waals surface area contributed by atoms with Crippen molar-refractivity contribution in [1.29, 1.82) is 0 Å². The van der Waals surface area contributed by atoms with Gasteiger partial charge < -0.3 is 15.4 Å². The highest BCUT2D eigenvalue weighted by molar-refractivity contribution is 6.12. The number of para-hydroxylation sites is 1. The first kappa shape index (κ1) is 14.3. The molecule has 4 nitrogen and oxygen atoms in total. The Labute approximate surface area is 140 Å². The molecule has 1 aliphatic rings. The van der Waals surface area contributed by atoms with Crippen LogP contribution in [0.4, 0.5) is 17.1 Å². The molecule has 0 saturated carbocycles. The van der Waals surface area contributed by atoms with Gasteiger partial charge in [-0.1, -0.05) is 42.5 Å². The predicted octanol–water partition coefficient (Wildman–Crippen LogP) is 4.57. The summed E-state index contributed by atoms with van der Waals surface area (Å²) in [5.74, 6) is 0.586. The third-order valence-electron chi connectivity index (χ3n) is 3.93. The van der Waals surface area contributed by atoms with Crippen molar-refractivity contribution in [2.75, 3.05) is 10.6 Å². The number of benzene rings is 3. The molecule has 1 amide bonds. The van der Waals surface area contributed by atoms with Crippen LogP contribution >= 0.6 is 0 Å². The minimum Gasteiger partial charge on any atom is -0.489 e. The van der Waals surface area contributed by atoms with E-state index in [1.165, 1.54) is 0 Å². The maximum absolute atomic E-state index is 12.4. The van der Waals surface area contributed by atoms with Gasteiger partial charge in [-0.3, -0.25) is 4.79 Å². The van der Waals surface area contributed by atoms with Gasteiger partial charge in [-0.05, 0) is 29.8 Å². The molecule has 4 rings (SSSR count). The quantitative estimate of drug-likeness (QED) is 0.744. The fourth-order valence-corrected chi connectivity index (χ4v) is 2.69. The van der Waals surface area contributed by atoms with Gasteiger partial charge in [-0.2, -0.15) is 0 Å². The number of amides is 1. The van der Waals surface area contributed by atoms with E-state index in [1.807, 2.05) is 66.7 Å². The van der Waals surface area contributed by atoms with Crippen molar-refractivity contribution in [2.45, 2.75) is 6.61 Å². The topological polar surface area (TPSA) is 50.4 Å². The minimum absolute atomic E-state index is 0.128. The van der Waals surface area contributed by atoms with Crippen molar-refractivity contribution >= 4 is 23.0 Å². The van der Waals surface area contributed by atoms with Crippen LogP contribution in [0.25, 0.3) is 0 Å². The smallest absolute Gasteiger partial charge is 0.257 e. The van der Waals surface area contributed by atoms with E-state index in [2.05, 4.69) is 10.6 Å². The number of fused-ring (bicyclic) bond motifs is 2. The largest absolute Gasteiger partial charge is 0.489 e. The molecule has 4 heteroatoms. The summed E-state index contributed by atoms with van der Waals surface area (Å²) in [5, 5.41) is 6.23. The van der Waals surface area contributed by atoms with Crippen LogP contribution in [0, 0.1) is 0 Å². The monoisotopic (exact) mass is 316 g/mol. The van der Waals surface area contributed by atoms with E-state index in [9.17, 15) is 4.79 Å². The van der Waals surface area contributed by atoms with E-state index in [4.69, 9.17) is 4.74 Å². The molecule has 0 unspecified atom stereocenters. The molecule has 0 spiro atoms. The molecule has 0 aromatic heterocycles. The lowest BCUT2D eigenvalue weighted by Crippen LogP contribution is -2.10. The lowest BCUT2D eigenvalue weighted by molar-refractivity contribution is 0.102. The molecule has 0 aliphatic carbocycles. The molecule has 1 aliphatic heterocycles.